The highest BCUT2D eigenvalue weighted by atomic mass is 14.6. The molecule has 0 heterocycles. The average Bonchev–Trinajstić information content (AvgIpc) is 3.07. The number of benzene rings is 3. The molecule has 0 radical (unpaired) electrons. The largest absolute Gasteiger partial charge is 0.399 e. The maximum absolute atomic E-state index is 6.21. The van der Waals surface area contributed by atoms with Gasteiger partial charge in [-0.2, -0.15) is 0 Å². The Bertz CT molecular complexity index is 1240. The van der Waals surface area contributed by atoms with E-state index in [4.69, 9.17) is 5.73 Å². The quantitative estimate of drug-likeness (QED) is 0.481. The van der Waals surface area contributed by atoms with Crippen LogP contribution in [0, 0.1) is 5.92 Å². The van der Waals surface area contributed by atoms with Crippen LogP contribution in [-0.4, -0.2) is 0 Å². The molecule has 0 saturated heterocycles. The molecule has 1 spiro atoms. The summed E-state index contributed by atoms with van der Waals surface area (Å²) < 4.78 is 0. The standard InChI is InChI=1S/C27H21N/c1-17-10-13-21-19-6-2-4-8-23(19)27(25(21)14-11-17)24-9-5-3-7-20(24)22-16-18(28)12-15-26(22)27/h2-17H,28H2,1H3. The van der Waals surface area contributed by atoms with Crippen molar-refractivity contribution in [1.29, 1.82) is 0 Å². The molecule has 0 aromatic heterocycles. The van der Waals surface area contributed by atoms with Crippen molar-refractivity contribution in [2.75, 3.05) is 5.73 Å². The normalized spacial score (nSPS) is 23.4. The minimum absolute atomic E-state index is 0.267. The van der Waals surface area contributed by atoms with E-state index in [1.807, 2.05) is 6.07 Å². The molecule has 28 heavy (non-hydrogen) atoms. The summed E-state index contributed by atoms with van der Waals surface area (Å²) >= 11 is 0. The van der Waals surface area contributed by atoms with Crippen LogP contribution in [0.15, 0.2) is 96.6 Å². The molecule has 2 N–H and O–H groups in total. The van der Waals surface area contributed by atoms with Crippen molar-refractivity contribution in [3.8, 4) is 11.1 Å². The molecule has 2 unspecified atom stereocenters. The number of fused-ring (bicyclic) bond motifs is 9. The molecule has 0 bridgehead atoms. The highest BCUT2D eigenvalue weighted by molar-refractivity contribution is 5.98. The third kappa shape index (κ3) is 1.77. The summed E-state index contributed by atoms with van der Waals surface area (Å²) in [5, 5.41) is 0. The van der Waals surface area contributed by atoms with E-state index in [1.165, 1.54) is 44.5 Å². The van der Waals surface area contributed by atoms with Gasteiger partial charge in [0.2, 0.25) is 0 Å². The first-order valence-electron chi connectivity index (χ1n) is 9.92. The van der Waals surface area contributed by atoms with Crippen LogP contribution in [-0.2, 0) is 5.41 Å². The maximum Gasteiger partial charge on any atom is 0.0725 e. The van der Waals surface area contributed by atoms with Gasteiger partial charge < -0.3 is 5.73 Å². The number of nitrogens with two attached hydrogens (primary N) is 1. The SMILES string of the molecule is CC1C=CC2=C(C=C1)C1(c3ccccc32)c2ccccc2-c2cc(N)ccc21. The van der Waals surface area contributed by atoms with Crippen molar-refractivity contribution in [2.45, 2.75) is 12.3 Å². The molecule has 0 saturated carbocycles. The van der Waals surface area contributed by atoms with Crippen molar-refractivity contribution >= 4 is 11.3 Å². The molecule has 3 aliphatic rings. The Labute approximate surface area is 165 Å². The van der Waals surface area contributed by atoms with Gasteiger partial charge in [0.1, 0.15) is 0 Å². The van der Waals surface area contributed by atoms with Gasteiger partial charge in [-0.25, -0.2) is 0 Å². The van der Waals surface area contributed by atoms with Crippen molar-refractivity contribution < 1.29 is 0 Å². The summed E-state index contributed by atoms with van der Waals surface area (Å²) in [5.41, 5.74) is 17.4. The van der Waals surface area contributed by atoms with Crippen LogP contribution in [0.1, 0.15) is 29.2 Å². The molecular formula is C27H21N. The fourth-order valence-electron chi connectivity index (χ4n) is 5.37. The molecule has 3 aliphatic carbocycles. The average molecular weight is 359 g/mol. The maximum atomic E-state index is 6.21. The summed E-state index contributed by atoms with van der Waals surface area (Å²) in [6.07, 6.45) is 9.32. The zero-order valence-corrected chi connectivity index (χ0v) is 15.8. The van der Waals surface area contributed by atoms with E-state index in [-0.39, 0.29) is 5.41 Å². The molecule has 0 aliphatic heterocycles. The molecule has 134 valence electrons. The smallest absolute Gasteiger partial charge is 0.0725 e. The van der Waals surface area contributed by atoms with Crippen LogP contribution in [0.4, 0.5) is 5.69 Å². The first-order valence-corrected chi connectivity index (χ1v) is 9.92. The van der Waals surface area contributed by atoms with E-state index in [1.54, 1.807) is 0 Å². The lowest BCUT2D eigenvalue weighted by atomic mass is 9.69. The first-order chi connectivity index (χ1) is 13.7. The van der Waals surface area contributed by atoms with E-state index >= 15 is 0 Å². The van der Waals surface area contributed by atoms with E-state index in [2.05, 4.69) is 91.9 Å². The van der Waals surface area contributed by atoms with E-state index in [0.717, 1.165) is 5.69 Å². The number of rotatable bonds is 0. The van der Waals surface area contributed by atoms with Gasteiger partial charge in [0.15, 0.2) is 0 Å². The molecular weight excluding hydrogens is 338 g/mol. The lowest BCUT2D eigenvalue weighted by Gasteiger charge is -2.31. The fraction of sp³-hybridized carbons (Fsp3) is 0.111. The second kappa shape index (κ2) is 5.36. The highest BCUT2D eigenvalue weighted by Crippen LogP contribution is 2.62. The Kier molecular flexibility index (Phi) is 3.01. The third-order valence-corrected chi connectivity index (χ3v) is 6.52. The number of anilines is 1. The van der Waals surface area contributed by atoms with Crippen LogP contribution in [0.3, 0.4) is 0 Å². The Morgan fingerprint density at radius 2 is 1.36 bits per heavy atom. The molecule has 3 aromatic carbocycles. The Morgan fingerprint density at radius 3 is 2.18 bits per heavy atom. The van der Waals surface area contributed by atoms with Crippen LogP contribution < -0.4 is 5.73 Å². The van der Waals surface area contributed by atoms with Crippen molar-refractivity contribution in [2.24, 2.45) is 5.92 Å². The number of allylic oxidation sites excluding steroid dienone is 6. The fourth-order valence-corrected chi connectivity index (χ4v) is 5.37. The minimum Gasteiger partial charge on any atom is -0.399 e. The summed E-state index contributed by atoms with van der Waals surface area (Å²) in [6, 6.07) is 24.1. The van der Waals surface area contributed by atoms with Crippen molar-refractivity contribution in [3.05, 3.63) is 119 Å². The van der Waals surface area contributed by atoms with E-state index < -0.39 is 0 Å². The van der Waals surface area contributed by atoms with Gasteiger partial charge in [-0.1, -0.05) is 85.8 Å². The highest BCUT2D eigenvalue weighted by Gasteiger charge is 2.51. The lowest BCUT2D eigenvalue weighted by molar-refractivity contribution is 0.784. The zero-order valence-electron chi connectivity index (χ0n) is 15.8. The monoisotopic (exact) mass is 359 g/mol. The summed E-state index contributed by atoms with van der Waals surface area (Å²) in [5.74, 6) is 0.428. The van der Waals surface area contributed by atoms with Gasteiger partial charge in [0, 0.05) is 5.69 Å². The second-order valence-electron chi connectivity index (χ2n) is 8.05. The molecule has 1 nitrogen and oxygen atoms in total. The predicted octanol–water partition coefficient (Wildman–Crippen LogP) is 6.11. The van der Waals surface area contributed by atoms with Gasteiger partial charge in [0.25, 0.3) is 0 Å². The molecule has 1 heteroatoms. The Balaban J connectivity index is 1.82. The third-order valence-electron chi connectivity index (χ3n) is 6.52. The molecule has 6 rings (SSSR count). The van der Waals surface area contributed by atoms with Gasteiger partial charge >= 0.3 is 0 Å². The lowest BCUT2D eigenvalue weighted by Crippen LogP contribution is -2.26. The Hall–Kier alpha value is -3.32. The van der Waals surface area contributed by atoms with Crippen LogP contribution in [0.2, 0.25) is 0 Å². The zero-order chi connectivity index (χ0) is 18.9. The van der Waals surface area contributed by atoms with Crippen LogP contribution in [0.5, 0.6) is 0 Å². The molecule has 0 amide bonds. The van der Waals surface area contributed by atoms with Gasteiger partial charge in [-0.15, -0.1) is 0 Å². The van der Waals surface area contributed by atoms with Crippen molar-refractivity contribution in [3.63, 3.8) is 0 Å². The first kappa shape index (κ1) is 15.7. The van der Waals surface area contributed by atoms with Crippen LogP contribution in [0.25, 0.3) is 16.7 Å². The molecule has 2 atom stereocenters. The van der Waals surface area contributed by atoms with Gasteiger partial charge in [-0.05, 0) is 62.6 Å². The van der Waals surface area contributed by atoms with E-state index in [9.17, 15) is 0 Å². The number of hydrogen-bond acceptors (Lipinski definition) is 1. The number of nitrogen functional groups attached to an aromatic ring is 1. The second-order valence-corrected chi connectivity index (χ2v) is 8.05. The van der Waals surface area contributed by atoms with Gasteiger partial charge in [-0.3, -0.25) is 0 Å². The van der Waals surface area contributed by atoms with Crippen LogP contribution >= 0.6 is 0 Å². The summed E-state index contributed by atoms with van der Waals surface area (Å²) in [6.45, 7) is 2.24. The van der Waals surface area contributed by atoms with E-state index in [0.29, 0.717) is 5.92 Å². The predicted molar refractivity (Wildman–Crippen MR) is 117 cm³/mol. The Morgan fingerprint density at radius 1 is 0.714 bits per heavy atom. The topological polar surface area (TPSA) is 26.0 Å². The minimum atomic E-state index is -0.267. The summed E-state index contributed by atoms with van der Waals surface area (Å²) in [4.78, 5) is 0. The van der Waals surface area contributed by atoms with Gasteiger partial charge in [0.05, 0.1) is 5.41 Å². The summed E-state index contributed by atoms with van der Waals surface area (Å²) in [7, 11) is 0. The molecule has 3 aromatic rings. The molecule has 0 fully saturated rings. The number of hydrogen-bond donors (Lipinski definition) is 1. The van der Waals surface area contributed by atoms with Crippen molar-refractivity contribution in [1.82, 2.24) is 0 Å².